The number of rotatable bonds is 3. The fourth-order valence-corrected chi connectivity index (χ4v) is 19.1. The summed E-state index contributed by atoms with van der Waals surface area (Å²) >= 11 is 1.93. The van der Waals surface area contributed by atoms with Crippen molar-refractivity contribution in [2.75, 3.05) is 14.7 Å². The van der Waals surface area contributed by atoms with Crippen molar-refractivity contribution in [3.8, 4) is 0 Å². The maximum atomic E-state index is 7.62. The molecule has 3 aliphatic heterocycles. The summed E-state index contributed by atoms with van der Waals surface area (Å²) in [6.45, 7) is 41.7. The molecular formula is C81H88BN3OS. The van der Waals surface area contributed by atoms with Crippen molar-refractivity contribution >= 4 is 122 Å². The predicted molar refractivity (Wildman–Crippen MR) is 376 cm³/mol. The summed E-state index contributed by atoms with van der Waals surface area (Å²) in [7, 11) is 0. The molecule has 3 aliphatic carbocycles. The first-order chi connectivity index (χ1) is 41.0. The second-order valence-electron chi connectivity index (χ2n) is 33.0. The van der Waals surface area contributed by atoms with Crippen LogP contribution in [0.25, 0.3) is 42.1 Å². The lowest BCUT2D eigenvalue weighted by molar-refractivity contribution is 0.195. The van der Waals surface area contributed by atoms with Crippen molar-refractivity contribution in [1.29, 1.82) is 0 Å². The van der Waals surface area contributed by atoms with E-state index in [1.54, 1.807) is 0 Å². The molecule has 0 saturated heterocycles. The van der Waals surface area contributed by atoms with E-state index in [0.717, 1.165) is 49.7 Å². The van der Waals surface area contributed by atoms with Crippen LogP contribution in [0.1, 0.15) is 207 Å². The number of furan rings is 1. The first-order valence-electron chi connectivity index (χ1n) is 33.0. The Bertz CT molecular complexity index is 4650. The molecule has 2 atom stereocenters. The van der Waals surface area contributed by atoms with Gasteiger partial charge in [-0.3, -0.25) is 0 Å². The molecule has 0 radical (unpaired) electrons. The molecule has 6 heteroatoms. The topological polar surface area (TPSA) is 22.9 Å². The van der Waals surface area contributed by atoms with E-state index >= 15 is 0 Å². The Morgan fingerprint density at radius 1 is 0.460 bits per heavy atom. The molecule has 2 aromatic heterocycles. The fraction of sp³-hybridized carbons (Fsp3) is 0.407. The molecule has 0 N–H and O–H groups in total. The number of fused-ring (bicyclic) bond motifs is 16. The normalized spacial score (nSPS) is 22.1. The summed E-state index contributed by atoms with van der Waals surface area (Å²) in [6, 6.07) is 51.9. The highest BCUT2D eigenvalue weighted by Gasteiger charge is 2.59. The number of anilines is 8. The van der Waals surface area contributed by atoms with Crippen LogP contribution in [0.15, 0.2) is 132 Å². The van der Waals surface area contributed by atoms with Crippen LogP contribution >= 0.6 is 11.3 Å². The Morgan fingerprint density at radius 3 is 1.75 bits per heavy atom. The number of hydrogen-bond acceptors (Lipinski definition) is 5. The van der Waals surface area contributed by atoms with E-state index in [1.807, 2.05) is 11.3 Å². The summed E-state index contributed by atoms with van der Waals surface area (Å²) in [6.07, 6.45) is 9.29. The van der Waals surface area contributed by atoms with Crippen LogP contribution in [-0.2, 0) is 37.9 Å². The molecule has 87 heavy (non-hydrogen) atoms. The van der Waals surface area contributed by atoms with Gasteiger partial charge < -0.3 is 19.1 Å². The molecule has 5 heterocycles. The third-order valence-electron chi connectivity index (χ3n) is 23.7. The van der Waals surface area contributed by atoms with Crippen molar-refractivity contribution in [3.05, 3.63) is 172 Å². The Morgan fingerprint density at radius 2 is 1.06 bits per heavy atom. The lowest BCUT2D eigenvalue weighted by Crippen LogP contribution is -2.62. The third-order valence-corrected chi connectivity index (χ3v) is 24.9. The Hall–Kier alpha value is -6.76. The van der Waals surface area contributed by atoms with E-state index in [9.17, 15) is 0 Å². The maximum Gasteiger partial charge on any atom is 0.252 e. The van der Waals surface area contributed by atoms with Crippen molar-refractivity contribution in [2.45, 2.75) is 213 Å². The summed E-state index contributed by atoms with van der Waals surface area (Å²) in [4.78, 5) is 8.42. The number of aryl methyl sites for hydroxylation is 1. The van der Waals surface area contributed by atoms with Crippen LogP contribution in [-0.4, -0.2) is 12.3 Å². The van der Waals surface area contributed by atoms with Crippen LogP contribution in [0, 0.1) is 6.92 Å². The number of thiophene rings is 1. The molecule has 10 aromatic rings. The van der Waals surface area contributed by atoms with E-state index in [4.69, 9.17) is 4.42 Å². The van der Waals surface area contributed by atoms with Gasteiger partial charge >= 0.3 is 0 Å². The maximum absolute atomic E-state index is 7.62. The largest absolute Gasteiger partial charge is 0.454 e. The predicted octanol–water partition coefficient (Wildman–Crippen LogP) is 21.4. The van der Waals surface area contributed by atoms with E-state index in [1.165, 1.54) is 150 Å². The molecule has 0 amide bonds. The highest BCUT2D eigenvalue weighted by Crippen LogP contribution is 2.63. The monoisotopic (exact) mass is 1160 g/mol. The summed E-state index contributed by atoms with van der Waals surface area (Å²) in [5.41, 5.74) is 27.2. The molecule has 4 nitrogen and oxygen atoms in total. The molecule has 442 valence electrons. The number of hydrogen-bond donors (Lipinski definition) is 0. The third kappa shape index (κ3) is 7.61. The van der Waals surface area contributed by atoms with Crippen LogP contribution in [0.3, 0.4) is 0 Å². The van der Waals surface area contributed by atoms with Gasteiger partial charge in [-0.25, -0.2) is 0 Å². The highest BCUT2D eigenvalue weighted by atomic mass is 32.1. The second kappa shape index (κ2) is 17.8. The summed E-state index contributed by atoms with van der Waals surface area (Å²) in [5.74, 6) is 0. The van der Waals surface area contributed by atoms with E-state index in [2.05, 4.69) is 260 Å². The van der Waals surface area contributed by atoms with Crippen LogP contribution < -0.4 is 31.1 Å². The minimum absolute atomic E-state index is 0.0132. The summed E-state index contributed by atoms with van der Waals surface area (Å²) < 4.78 is 10.3. The lowest BCUT2D eigenvalue weighted by atomic mass is 9.33. The molecule has 2 unspecified atom stereocenters. The number of nitrogens with zero attached hydrogens (tertiary/aromatic N) is 3. The van der Waals surface area contributed by atoms with Gasteiger partial charge in [0.15, 0.2) is 5.58 Å². The van der Waals surface area contributed by atoms with Crippen molar-refractivity contribution in [1.82, 2.24) is 0 Å². The van der Waals surface area contributed by atoms with Crippen molar-refractivity contribution in [3.63, 3.8) is 0 Å². The van der Waals surface area contributed by atoms with E-state index in [-0.39, 0.29) is 50.2 Å². The van der Waals surface area contributed by atoms with E-state index in [0.29, 0.717) is 0 Å². The quantitative estimate of drug-likeness (QED) is 0.164. The Labute approximate surface area is 522 Å². The van der Waals surface area contributed by atoms with Crippen LogP contribution in [0.2, 0.25) is 0 Å². The SMILES string of the molecule is Cc1cc2c(cc1N1c3cc(N4c5ccc(C(C)(C)C)cc5C5(C)CCCCC45C)cc4c3B(c3cc5c(cc3N4c3cccc4sc6ccccc6c34)C(C)(C)CCC5(C)C)c3ccc4c(oc5ccc(C(C)(C)C)cc54)c31)C(C)(C)CCC2(C)C. The standard InChI is InChI=1S/C81H88BN3OS/c1-47-39-54-56(78(12,13)37-35-76(54,8)9)45-63(47)84-66-43-50(85-61-31-27-49(75(5,6)7)41-58(61)80(16)33-20-21-34-81(80,85)17)42-65-71(66)82(59-30-29-51-53-40-48(74(2,3)4)28-32-67(53)86-73(51)72(59)84)60-44-55-57(79(14,15)38-36-77(55,10)11)46-64(60)83(65)62-24-22-26-69-70(62)52-23-18-19-25-68(52)87-69/h18-19,22-32,39-46H,20-21,33-38H2,1-17H3. The zero-order chi connectivity index (χ0) is 60.8. The van der Waals surface area contributed by atoms with Crippen molar-refractivity contribution < 1.29 is 4.42 Å². The zero-order valence-corrected chi connectivity index (χ0v) is 55.8. The molecule has 0 bridgehead atoms. The van der Waals surface area contributed by atoms with Gasteiger partial charge in [-0.15, -0.1) is 11.3 Å². The van der Waals surface area contributed by atoms with Gasteiger partial charge in [-0.1, -0.05) is 183 Å². The average molecular weight is 1160 g/mol. The van der Waals surface area contributed by atoms with Gasteiger partial charge in [-0.05, 0) is 206 Å². The highest BCUT2D eigenvalue weighted by molar-refractivity contribution is 7.26. The first kappa shape index (κ1) is 55.5. The molecule has 1 fully saturated rings. The van der Waals surface area contributed by atoms with Gasteiger partial charge in [0, 0.05) is 70.5 Å². The fourth-order valence-electron chi connectivity index (χ4n) is 18.0. The van der Waals surface area contributed by atoms with Gasteiger partial charge in [0.2, 0.25) is 0 Å². The van der Waals surface area contributed by atoms with Crippen molar-refractivity contribution in [2.24, 2.45) is 0 Å². The summed E-state index contributed by atoms with van der Waals surface area (Å²) in [5, 5.41) is 5.00. The lowest BCUT2D eigenvalue weighted by Gasteiger charge is -2.51. The van der Waals surface area contributed by atoms with E-state index < -0.39 is 0 Å². The molecule has 8 aromatic carbocycles. The molecule has 16 rings (SSSR count). The van der Waals surface area contributed by atoms with Gasteiger partial charge in [0.1, 0.15) is 5.58 Å². The molecule has 1 saturated carbocycles. The van der Waals surface area contributed by atoms with Gasteiger partial charge in [-0.2, -0.15) is 0 Å². The molecular weight excluding hydrogens is 1070 g/mol. The zero-order valence-electron chi connectivity index (χ0n) is 55.0. The number of benzene rings is 8. The smallest absolute Gasteiger partial charge is 0.252 e. The van der Waals surface area contributed by atoms with Gasteiger partial charge in [0.05, 0.1) is 16.9 Å². The Kier molecular flexibility index (Phi) is 11.3. The van der Waals surface area contributed by atoms with Crippen LogP contribution in [0.5, 0.6) is 0 Å². The minimum Gasteiger partial charge on any atom is -0.454 e. The second-order valence-corrected chi connectivity index (χ2v) is 34.1. The minimum atomic E-state index is -0.203. The Balaban J connectivity index is 1.10. The first-order valence-corrected chi connectivity index (χ1v) is 33.8. The average Bonchev–Trinajstić information content (AvgIpc) is 1.73. The molecule has 0 spiro atoms. The van der Waals surface area contributed by atoms with Gasteiger partial charge in [0.25, 0.3) is 6.71 Å². The molecule has 6 aliphatic rings. The van der Waals surface area contributed by atoms with Crippen LogP contribution in [0.4, 0.5) is 45.5 Å².